The molecule has 0 radical (unpaired) electrons. The quantitative estimate of drug-likeness (QED) is 0.620. The summed E-state index contributed by atoms with van der Waals surface area (Å²) < 4.78 is 12.8. The minimum absolute atomic E-state index is 0.274. The standard InChI is InChI=1S/C13H15FN6O/c1-2-16-11-10(15)12(18-7-17-11)19-20-13(21)8-3-5-9(14)6-4-8/h3-7H,2,15H2,1H3,(H,20,21)(H2,16,17,18,19). The van der Waals surface area contributed by atoms with Crippen LogP contribution in [0.5, 0.6) is 0 Å². The van der Waals surface area contributed by atoms with Crippen molar-refractivity contribution in [1.82, 2.24) is 15.4 Å². The van der Waals surface area contributed by atoms with Crippen LogP contribution in [-0.2, 0) is 0 Å². The number of halogens is 1. The van der Waals surface area contributed by atoms with Gasteiger partial charge < -0.3 is 11.1 Å². The van der Waals surface area contributed by atoms with Crippen molar-refractivity contribution < 1.29 is 9.18 Å². The molecule has 0 aliphatic heterocycles. The number of benzene rings is 1. The Balaban J connectivity index is 2.04. The van der Waals surface area contributed by atoms with E-state index in [0.29, 0.717) is 23.6 Å². The number of hydrogen-bond donors (Lipinski definition) is 4. The van der Waals surface area contributed by atoms with Gasteiger partial charge in [0.15, 0.2) is 11.6 Å². The molecule has 0 unspecified atom stereocenters. The predicted octanol–water partition coefficient (Wildman–Crippen LogP) is 1.39. The number of rotatable bonds is 5. The van der Waals surface area contributed by atoms with E-state index >= 15 is 0 Å². The molecule has 110 valence electrons. The van der Waals surface area contributed by atoms with Gasteiger partial charge in [0, 0.05) is 12.1 Å². The molecule has 0 spiro atoms. The summed E-state index contributed by atoms with van der Waals surface area (Å²) in [6.45, 7) is 2.56. The average molecular weight is 290 g/mol. The Labute approximate surface area is 120 Å². The van der Waals surface area contributed by atoms with E-state index in [1.807, 2.05) is 6.92 Å². The van der Waals surface area contributed by atoms with Crippen LogP contribution in [0.4, 0.5) is 21.7 Å². The third kappa shape index (κ3) is 3.56. The molecule has 2 rings (SSSR count). The van der Waals surface area contributed by atoms with Crippen LogP contribution in [0.3, 0.4) is 0 Å². The third-order valence-corrected chi connectivity index (χ3v) is 2.63. The van der Waals surface area contributed by atoms with Crippen molar-refractivity contribution in [2.75, 3.05) is 23.0 Å². The molecule has 1 amide bonds. The first-order valence-corrected chi connectivity index (χ1v) is 6.28. The minimum atomic E-state index is -0.432. The maximum absolute atomic E-state index is 12.8. The highest BCUT2D eigenvalue weighted by atomic mass is 19.1. The average Bonchev–Trinajstić information content (AvgIpc) is 2.49. The van der Waals surface area contributed by atoms with Gasteiger partial charge in [0.2, 0.25) is 0 Å². The first kappa shape index (κ1) is 14.5. The van der Waals surface area contributed by atoms with Gasteiger partial charge in [0.1, 0.15) is 17.8 Å². The fraction of sp³-hybridized carbons (Fsp3) is 0.154. The van der Waals surface area contributed by atoms with E-state index in [0.717, 1.165) is 0 Å². The molecule has 0 aliphatic carbocycles. The topological polar surface area (TPSA) is 105 Å². The Bertz CT molecular complexity index is 631. The number of amides is 1. The third-order valence-electron chi connectivity index (χ3n) is 2.63. The van der Waals surface area contributed by atoms with Gasteiger partial charge in [-0.15, -0.1) is 0 Å². The van der Waals surface area contributed by atoms with Gasteiger partial charge in [0.05, 0.1) is 0 Å². The molecular weight excluding hydrogens is 275 g/mol. The van der Waals surface area contributed by atoms with Crippen LogP contribution in [0.1, 0.15) is 17.3 Å². The molecule has 0 fully saturated rings. The number of nitrogen functional groups attached to an aromatic ring is 1. The van der Waals surface area contributed by atoms with E-state index in [2.05, 4.69) is 26.1 Å². The Kier molecular flexibility index (Phi) is 4.50. The molecule has 0 saturated carbocycles. The van der Waals surface area contributed by atoms with Crippen LogP contribution < -0.4 is 21.9 Å². The molecule has 8 heteroatoms. The van der Waals surface area contributed by atoms with E-state index < -0.39 is 11.7 Å². The Morgan fingerprint density at radius 1 is 1.24 bits per heavy atom. The molecule has 0 atom stereocenters. The van der Waals surface area contributed by atoms with Crippen molar-refractivity contribution in [2.45, 2.75) is 6.92 Å². The second-order valence-corrected chi connectivity index (χ2v) is 4.10. The van der Waals surface area contributed by atoms with Gasteiger partial charge in [-0.3, -0.25) is 15.6 Å². The largest absolute Gasteiger partial charge is 0.393 e. The normalized spacial score (nSPS) is 10.0. The van der Waals surface area contributed by atoms with Gasteiger partial charge >= 0.3 is 0 Å². The zero-order valence-electron chi connectivity index (χ0n) is 11.4. The van der Waals surface area contributed by atoms with Crippen LogP contribution in [0.25, 0.3) is 0 Å². The molecule has 7 nitrogen and oxygen atoms in total. The summed E-state index contributed by atoms with van der Waals surface area (Å²) in [4.78, 5) is 19.8. The fourth-order valence-electron chi connectivity index (χ4n) is 1.59. The number of hydrogen-bond acceptors (Lipinski definition) is 6. The number of nitrogens with zero attached hydrogens (tertiary/aromatic N) is 2. The Morgan fingerprint density at radius 3 is 2.57 bits per heavy atom. The summed E-state index contributed by atoms with van der Waals surface area (Å²) in [6.07, 6.45) is 1.32. The highest BCUT2D eigenvalue weighted by Gasteiger charge is 2.09. The zero-order chi connectivity index (χ0) is 15.2. The molecular formula is C13H15FN6O. The summed E-state index contributed by atoms with van der Waals surface area (Å²) >= 11 is 0. The lowest BCUT2D eigenvalue weighted by Gasteiger charge is -2.12. The lowest BCUT2D eigenvalue weighted by Crippen LogP contribution is -2.30. The van der Waals surface area contributed by atoms with Crippen molar-refractivity contribution >= 4 is 23.2 Å². The Hall–Kier alpha value is -2.90. The second kappa shape index (κ2) is 6.51. The number of carbonyl (C=O) groups is 1. The first-order chi connectivity index (χ1) is 10.1. The van der Waals surface area contributed by atoms with Gasteiger partial charge in [0.25, 0.3) is 5.91 Å². The predicted molar refractivity (Wildman–Crippen MR) is 78.1 cm³/mol. The molecule has 0 aliphatic rings. The SMILES string of the molecule is CCNc1ncnc(NNC(=O)c2ccc(F)cc2)c1N. The van der Waals surface area contributed by atoms with Gasteiger partial charge in [-0.1, -0.05) is 0 Å². The molecule has 1 heterocycles. The van der Waals surface area contributed by atoms with Crippen molar-refractivity contribution in [1.29, 1.82) is 0 Å². The van der Waals surface area contributed by atoms with E-state index in [-0.39, 0.29) is 5.82 Å². The van der Waals surface area contributed by atoms with Crippen molar-refractivity contribution in [3.05, 3.63) is 42.0 Å². The first-order valence-electron chi connectivity index (χ1n) is 6.28. The highest BCUT2D eigenvalue weighted by molar-refractivity contribution is 5.95. The second-order valence-electron chi connectivity index (χ2n) is 4.10. The Morgan fingerprint density at radius 2 is 1.90 bits per heavy atom. The molecule has 1 aromatic heterocycles. The number of nitrogens with one attached hydrogen (secondary N) is 3. The molecule has 5 N–H and O–H groups in total. The number of hydrazine groups is 1. The summed E-state index contributed by atoms with van der Waals surface area (Å²) in [5.41, 5.74) is 11.5. The van der Waals surface area contributed by atoms with E-state index in [9.17, 15) is 9.18 Å². The number of carbonyl (C=O) groups excluding carboxylic acids is 1. The maximum atomic E-state index is 12.8. The minimum Gasteiger partial charge on any atom is -0.393 e. The van der Waals surface area contributed by atoms with Crippen molar-refractivity contribution in [3.63, 3.8) is 0 Å². The molecule has 0 bridgehead atoms. The smallest absolute Gasteiger partial charge is 0.269 e. The van der Waals surface area contributed by atoms with Crippen LogP contribution in [-0.4, -0.2) is 22.4 Å². The van der Waals surface area contributed by atoms with Crippen LogP contribution in [0.15, 0.2) is 30.6 Å². The van der Waals surface area contributed by atoms with Crippen molar-refractivity contribution in [2.24, 2.45) is 0 Å². The fourth-order valence-corrected chi connectivity index (χ4v) is 1.59. The van der Waals surface area contributed by atoms with E-state index in [4.69, 9.17) is 5.73 Å². The number of nitrogens with two attached hydrogens (primary N) is 1. The summed E-state index contributed by atoms with van der Waals surface area (Å²) in [5.74, 6) is -0.0877. The van der Waals surface area contributed by atoms with Crippen LogP contribution in [0, 0.1) is 5.82 Å². The molecule has 1 aromatic carbocycles. The van der Waals surface area contributed by atoms with Crippen LogP contribution >= 0.6 is 0 Å². The number of anilines is 3. The summed E-state index contributed by atoms with van der Waals surface area (Å²) in [5, 5.41) is 2.97. The highest BCUT2D eigenvalue weighted by Crippen LogP contribution is 2.21. The summed E-state index contributed by atoms with van der Waals surface area (Å²) in [6, 6.07) is 5.16. The molecule has 21 heavy (non-hydrogen) atoms. The maximum Gasteiger partial charge on any atom is 0.269 e. The van der Waals surface area contributed by atoms with Gasteiger partial charge in [-0.05, 0) is 31.2 Å². The van der Waals surface area contributed by atoms with Crippen molar-refractivity contribution in [3.8, 4) is 0 Å². The van der Waals surface area contributed by atoms with E-state index in [1.54, 1.807) is 0 Å². The van der Waals surface area contributed by atoms with E-state index in [1.165, 1.54) is 30.6 Å². The van der Waals surface area contributed by atoms with Gasteiger partial charge in [-0.2, -0.15) is 0 Å². The van der Waals surface area contributed by atoms with Crippen LogP contribution in [0.2, 0.25) is 0 Å². The number of aromatic nitrogens is 2. The molecule has 2 aromatic rings. The summed E-state index contributed by atoms with van der Waals surface area (Å²) in [7, 11) is 0. The molecule has 0 saturated heterocycles. The lowest BCUT2D eigenvalue weighted by molar-refractivity contribution is 0.0962. The van der Waals surface area contributed by atoms with Gasteiger partial charge in [-0.25, -0.2) is 14.4 Å². The zero-order valence-corrected chi connectivity index (χ0v) is 11.4. The lowest BCUT2D eigenvalue weighted by atomic mass is 10.2. The monoisotopic (exact) mass is 290 g/mol.